The van der Waals surface area contributed by atoms with Crippen LogP contribution in [-0.4, -0.2) is 72.6 Å². The molecule has 35 heavy (non-hydrogen) atoms. The fourth-order valence-electron chi connectivity index (χ4n) is 6.35. The number of carbonyl (C=O) groups excluding carboxylic acids is 2. The maximum atomic E-state index is 14.0. The van der Waals surface area contributed by atoms with Gasteiger partial charge in [0.05, 0.1) is 0 Å². The number of carbonyl (C=O) groups is 2. The molecule has 2 N–H and O–H groups in total. The van der Waals surface area contributed by atoms with Crippen LogP contribution < -0.4 is 10.6 Å². The molecule has 7 heteroatoms. The van der Waals surface area contributed by atoms with Crippen LogP contribution in [0.3, 0.4) is 0 Å². The van der Waals surface area contributed by atoms with Crippen molar-refractivity contribution in [1.82, 2.24) is 20.4 Å². The van der Waals surface area contributed by atoms with Crippen molar-refractivity contribution in [2.24, 2.45) is 11.8 Å². The number of benzene rings is 1. The Morgan fingerprint density at radius 3 is 2.31 bits per heavy atom. The van der Waals surface area contributed by atoms with Gasteiger partial charge in [0.25, 0.3) is 0 Å². The molecule has 0 spiro atoms. The molecule has 0 unspecified atom stereocenters. The van der Waals surface area contributed by atoms with Crippen LogP contribution in [0.15, 0.2) is 30.3 Å². The summed E-state index contributed by atoms with van der Waals surface area (Å²) in [5.74, 6) is 0.983. The van der Waals surface area contributed by atoms with Gasteiger partial charge in [-0.15, -0.1) is 0 Å². The van der Waals surface area contributed by atoms with E-state index in [9.17, 15) is 9.59 Å². The number of nitrogens with one attached hydrogen (secondary N) is 2. The second-order valence-electron chi connectivity index (χ2n) is 10.9. The molecule has 3 atom stereocenters. The van der Waals surface area contributed by atoms with Crippen molar-refractivity contribution >= 4 is 12.0 Å². The van der Waals surface area contributed by atoms with Crippen molar-refractivity contribution in [2.75, 3.05) is 32.7 Å². The number of nitrogens with zero attached hydrogens (tertiary/aromatic N) is 2. The average molecular weight is 485 g/mol. The Labute approximate surface area is 210 Å². The monoisotopic (exact) mass is 484 g/mol. The summed E-state index contributed by atoms with van der Waals surface area (Å²) in [6.45, 7) is 9.68. The lowest BCUT2D eigenvalue weighted by atomic mass is 9.83. The lowest BCUT2D eigenvalue weighted by molar-refractivity contribution is -0.143. The van der Waals surface area contributed by atoms with Gasteiger partial charge < -0.3 is 20.3 Å². The molecule has 1 aromatic rings. The van der Waals surface area contributed by atoms with Crippen LogP contribution in [0.4, 0.5) is 4.79 Å². The quantitative estimate of drug-likeness (QED) is 0.616. The van der Waals surface area contributed by atoms with Crippen LogP contribution in [0.5, 0.6) is 0 Å². The summed E-state index contributed by atoms with van der Waals surface area (Å²) in [6, 6.07) is 9.40. The fraction of sp³-hybridized carbons (Fsp3) is 0.714. The van der Waals surface area contributed by atoms with Gasteiger partial charge in [-0.3, -0.25) is 9.69 Å². The molecule has 3 fully saturated rings. The second kappa shape index (κ2) is 12.7. The molecule has 2 aliphatic heterocycles. The molecule has 1 aliphatic carbocycles. The topological polar surface area (TPSA) is 73.9 Å². The molecule has 0 radical (unpaired) electrons. The van der Waals surface area contributed by atoms with E-state index in [2.05, 4.69) is 34.3 Å². The third-order valence-electron chi connectivity index (χ3n) is 8.10. The lowest BCUT2D eigenvalue weighted by Crippen LogP contribution is -2.64. The number of rotatable bonds is 7. The van der Waals surface area contributed by atoms with Gasteiger partial charge in [-0.1, -0.05) is 49.6 Å². The Morgan fingerprint density at radius 2 is 1.66 bits per heavy atom. The smallest absolute Gasteiger partial charge is 0.408 e. The van der Waals surface area contributed by atoms with Crippen LogP contribution in [0.1, 0.15) is 64.4 Å². The third-order valence-corrected chi connectivity index (χ3v) is 8.10. The van der Waals surface area contributed by atoms with E-state index in [1.807, 2.05) is 30.3 Å². The molecule has 3 aliphatic rings. The number of alkyl carbamates (subject to hydrolysis) is 1. The van der Waals surface area contributed by atoms with Crippen LogP contribution >= 0.6 is 0 Å². The van der Waals surface area contributed by atoms with Crippen molar-refractivity contribution in [1.29, 1.82) is 0 Å². The third kappa shape index (κ3) is 7.20. The molecule has 1 saturated carbocycles. The number of piperidine rings is 1. The molecule has 194 valence electrons. The standard InChI is InChI=1S/C28H44N4O3/c1-21-17-31(19-23-13-15-29-16-14-23)18-22(2)32(21)27(33)26(25-11-7-4-8-12-25)30-28(34)35-20-24-9-5-3-6-10-24/h3,5-6,9-10,21-23,25-26,29H,4,7-8,11-20H2,1-2H3,(H,30,34)/t21-,22-,26-/m1/s1. The molecular weight excluding hydrogens is 440 g/mol. The zero-order valence-electron chi connectivity index (χ0n) is 21.6. The van der Waals surface area contributed by atoms with Crippen LogP contribution in [-0.2, 0) is 16.1 Å². The summed E-state index contributed by atoms with van der Waals surface area (Å²) in [6.07, 6.45) is 7.37. The van der Waals surface area contributed by atoms with E-state index < -0.39 is 12.1 Å². The van der Waals surface area contributed by atoms with E-state index in [1.165, 1.54) is 19.3 Å². The van der Waals surface area contributed by atoms with Gasteiger partial charge >= 0.3 is 6.09 Å². The summed E-state index contributed by atoms with van der Waals surface area (Å²) in [5.41, 5.74) is 0.940. The number of piperazine rings is 1. The van der Waals surface area contributed by atoms with Crippen LogP contribution in [0.2, 0.25) is 0 Å². The van der Waals surface area contributed by atoms with Crippen molar-refractivity contribution in [3.63, 3.8) is 0 Å². The van der Waals surface area contributed by atoms with Crippen molar-refractivity contribution in [3.05, 3.63) is 35.9 Å². The molecule has 2 heterocycles. The van der Waals surface area contributed by atoms with Gasteiger partial charge in [0.15, 0.2) is 0 Å². The van der Waals surface area contributed by atoms with Gasteiger partial charge in [-0.25, -0.2) is 4.79 Å². The van der Waals surface area contributed by atoms with Crippen molar-refractivity contribution in [2.45, 2.75) is 83.5 Å². The van der Waals surface area contributed by atoms with Crippen LogP contribution in [0, 0.1) is 11.8 Å². The first-order chi connectivity index (χ1) is 17.0. The summed E-state index contributed by atoms with van der Waals surface area (Å²) < 4.78 is 5.51. The Balaban J connectivity index is 1.38. The maximum absolute atomic E-state index is 14.0. The Morgan fingerprint density at radius 1 is 1.00 bits per heavy atom. The summed E-state index contributed by atoms with van der Waals surface area (Å²) in [4.78, 5) is 31.3. The van der Waals surface area contributed by atoms with Gasteiger partial charge in [0.1, 0.15) is 12.6 Å². The van der Waals surface area contributed by atoms with E-state index in [4.69, 9.17) is 4.74 Å². The molecule has 1 aromatic carbocycles. The normalized spacial score (nSPS) is 25.7. The largest absolute Gasteiger partial charge is 0.445 e. The minimum absolute atomic E-state index is 0.0649. The van der Waals surface area contributed by atoms with Gasteiger partial charge in [-0.05, 0) is 70.0 Å². The average Bonchev–Trinajstić information content (AvgIpc) is 2.87. The number of hydrogen-bond acceptors (Lipinski definition) is 5. The highest BCUT2D eigenvalue weighted by Gasteiger charge is 2.40. The molecule has 2 saturated heterocycles. The first-order valence-corrected chi connectivity index (χ1v) is 13.7. The SMILES string of the molecule is C[C@@H]1CN(CC2CCNCC2)C[C@@H](C)N1C(=O)[C@H](NC(=O)OCc1ccccc1)C1CCCCC1. The van der Waals surface area contributed by atoms with E-state index in [-0.39, 0.29) is 30.5 Å². The van der Waals surface area contributed by atoms with Gasteiger partial charge in [0, 0.05) is 31.7 Å². The first kappa shape index (κ1) is 26.0. The summed E-state index contributed by atoms with van der Waals surface area (Å²) >= 11 is 0. The minimum Gasteiger partial charge on any atom is -0.445 e. The molecular formula is C28H44N4O3. The zero-order valence-corrected chi connectivity index (χ0v) is 21.6. The van der Waals surface area contributed by atoms with Crippen molar-refractivity contribution in [3.8, 4) is 0 Å². The molecule has 7 nitrogen and oxygen atoms in total. The Kier molecular flexibility index (Phi) is 9.44. The molecule has 2 amide bonds. The summed E-state index contributed by atoms with van der Waals surface area (Å²) in [5, 5.41) is 6.45. The number of amides is 2. The van der Waals surface area contributed by atoms with Gasteiger partial charge in [0.2, 0.25) is 5.91 Å². The van der Waals surface area contributed by atoms with E-state index in [0.29, 0.717) is 0 Å². The Hall–Kier alpha value is -2.12. The summed E-state index contributed by atoms with van der Waals surface area (Å²) in [7, 11) is 0. The van der Waals surface area contributed by atoms with E-state index in [1.54, 1.807) is 0 Å². The maximum Gasteiger partial charge on any atom is 0.408 e. The predicted molar refractivity (Wildman–Crippen MR) is 138 cm³/mol. The Bertz CT molecular complexity index is 796. The highest BCUT2D eigenvalue weighted by Crippen LogP contribution is 2.29. The lowest BCUT2D eigenvalue weighted by Gasteiger charge is -2.47. The highest BCUT2D eigenvalue weighted by atomic mass is 16.5. The minimum atomic E-state index is -0.514. The van der Waals surface area contributed by atoms with E-state index in [0.717, 1.165) is 69.9 Å². The number of ether oxygens (including phenoxy) is 1. The van der Waals surface area contributed by atoms with Gasteiger partial charge in [-0.2, -0.15) is 0 Å². The van der Waals surface area contributed by atoms with Crippen molar-refractivity contribution < 1.29 is 14.3 Å². The second-order valence-corrected chi connectivity index (χ2v) is 10.9. The fourth-order valence-corrected chi connectivity index (χ4v) is 6.35. The first-order valence-electron chi connectivity index (χ1n) is 13.7. The molecule has 4 rings (SSSR count). The predicted octanol–water partition coefficient (Wildman–Crippen LogP) is 3.78. The highest BCUT2D eigenvalue weighted by molar-refractivity contribution is 5.86. The number of hydrogen-bond donors (Lipinski definition) is 2. The zero-order chi connectivity index (χ0) is 24.6. The van der Waals surface area contributed by atoms with Crippen LogP contribution in [0.25, 0.3) is 0 Å². The van der Waals surface area contributed by atoms with E-state index >= 15 is 0 Å². The molecule has 0 aromatic heterocycles. The molecule has 0 bridgehead atoms.